The predicted molar refractivity (Wildman–Crippen MR) is 87.8 cm³/mol. The minimum Gasteiger partial charge on any atom is -0.506 e. The number of hydrogen-bond donors (Lipinski definition) is 1. The van der Waals surface area contributed by atoms with Crippen LogP contribution in [-0.2, 0) is 4.79 Å². The lowest BCUT2D eigenvalue weighted by Crippen LogP contribution is -2.36. The summed E-state index contributed by atoms with van der Waals surface area (Å²) in [6.07, 6.45) is 3.60. The Kier molecular flexibility index (Phi) is 5.41. The van der Waals surface area contributed by atoms with E-state index in [1.807, 2.05) is 18.2 Å². The molecule has 1 aromatic carbocycles. The van der Waals surface area contributed by atoms with Gasteiger partial charge in [-0.15, -0.1) is 0 Å². The van der Waals surface area contributed by atoms with Gasteiger partial charge in [0.1, 0.15) is 5.75 Å². The number of carbonyl (C=O) groups is 1. The van der Waals surface area contributed by atoms with Crippen LogP contribution in [0.3, 0.4) is 0 Å². The van der Waals surface area contributed by atoms with Crippen LogP contribution in [-0.4, -0.2) is 35.4 Å². The number of ketones is 1. The van der Waals surface area contributed by atoms with E-state index < -0.39 is 0 Å². The van der Waals surface area contributed by atoms with Gasteiger partial charge in [-0.1, -0.05) is 6.92 Å². The fourth-order valence-corrected chi connectivity index (χ4v) is 3.55. The average molecular weight is 403 g/mol. The Morgan fingerprint density at radius 1 is 1.35 bits per heavy atom. The molecule has 5 heteroatoms. The molecular weight excluding hydrogens is 386 g/mol. The van der Waals surface area contributed by atoms with Crippen molar-refractivity contribution < 1.29 is 9.90 Å². The second-order valence-electron chi connectivity index (χ2n) is 4.95. The molecule has 2 rings (SSSR count). The first-order chi connectivity index (χ1) is 9.51. The van der Waals surface area contributed by atoms with Crippen LogP contribution >= 0.6 is 31.9 Å². The third kappa shape index (κ3) is 3.71. The Morgan fingerprint density at radius 2 is 2.00 bits per heavy atom. The first-order valence-electron chi connectivity index (χ1n) is 6.65. The summed E-state index contributed by atoms with van der Waals surface area (Å²) >= 11 is 6.62. The van der Waals surface area contributed by atoms with Crippen LogP contribution in [0.25, 0.3) is 6.08 Å². The zero-order valence-corrected chi connectivity index (χ0v) is 14.5. The summed E-state index contributed by atoms with van der Waals surface area (Å²) in [5.41, 5.74) is 1.75. The number of halogens is 2. The molecule has 108 valence electrons. The maximum absolute atomic E-state index is 12.0. The molecule has 0 atom stereocenters. The molecule has 1 heterocycles. The van der Waals surface area contributed by atoms with Crippen LogP contribution < -0.4 is 0 Å². The van der Waals surface area contributed by atoms with Gasteiger partial charge in [-0.3, -0.25) is 9.69 Å². The highest BCUT2D eigenvalue weighted by Gasteiger charge is 2.20. The van der Waals surface area contributed by atoms with E-state index >= 15 is 0 Å². The molecule has 0 radical (unpaired) electrons. The van der Waals surface area contributed by atoms with Crippen LogP contribution in [0.5, 0.6) is 5.75 Å². The predicted octanol–water partition coefficient (Wildman–Crippen LogP) is 3.99. The molecule has 3 nitrogen and oxygen atoms in total. The molecule has 0 saturated carbocycles. The number of phenols is 1. The lowest BCUT2D eigenvalue weighted by molar-refractivity contribution is -0.117. The number of Topliss-reactive ketones (excluding diaryl/α,β-unsaturated/α-hetero) is 1. The maximum atomic E-state index is 12.0. The largest absolute Gasteiger partial charge is 0.506 e. The lowest BCUT2D eigenvalue weighted by Gasteiger charge is -2.27. The molecule has 1 saturated heterocycles. The van der Waals surface area contributed by atoms with Crippen molar-refractivity contribution in [3.05, 3.63) is 32.2 Å². The topological polar surface area (TPSA) is 40.5 Å². The molecule has 1 aliphatic rings. The summed E-state index contributed by atoms with van der Waals surface area (Å²) in [6, 6.07) is 3.64. The summed E-state index contributed by atoms with van der Waals surface area (Å²) in [4.78, 5) is 14.3. The number of aromatic hydroxyl groups is 1. The van der Waals surface area contributed by atoms with Crippen LogP contribution in [0, 0.1) is 0 Å². The van der Waals surface area contributed by atoms with E-state index in [-0.39, 0.29) is 11.5 Å². The molecule has 0 amide bonds. The smallest absolute Gasteiger partial charge is 0.161 e. The third-order valence-electron chi connectivity index (χ3n) is 3.33. The molecule has 1 fully saturated rings. The first-order valence-corrected chi connectivity index (χ1v) is 8.24. The second-order valence-corrected chi connectivity index (χ2v) is 6.66. The number of benzene rings is 1. The Morgan fingerprint density at radius 3 is 2.60 bits per heavy atom. The fraction of sp³-hybridized carbons (Fsp3) is 0.400. The minimum atomic E-state index is 0.176. The lowest BCUT2D eigenvalue weighted by atomic mass is 10.00. The van der Waals surface area contributed by atoms with Crippen LogP contribution in [0.4, 0.5) is 0 Å². The second kappa shape index (κ2) is 6.87. The number of rotatable bonds is 3. The van der Waals surface area contributed by atoms with Gasteiger partial charge in [0.05, 0.1) is 8.95 Å². The van der Waals surface area contributed by atoms with Crippen molar-refractivity contribution >= 4 is 43.7 Å². The summed E-state index contributed by atoms with van der Waals surface area (Å²) in [5.74, 6) is 0.396. The van der Waals surface area contributed by atoms with Gasteiger partial charge in [0.15, 0.2) is 5.78 Å². The van der Waals surface area contributed by atoms with Gasteiger partial charge in [-0.05, 0) is 68.6 Å². The van der Waals surface area contributed by atoms with Gasteiger partial charge in [0.25, 0.3) is 0 Å². The number of hydrogen-bond acceptors (Lipinski definition) is 3. The van der Waals surface area contributed by atoms with Crippen LogP contribution in [0.1, 0.15) is 25.3 Å². The van der Waals surface area contributed by atoms with Crippen molar-refractivity contribution in [2.24, 2.45) is 0 Å². The number of likely N-dealkylation sites (tertiary alicyclic amines) is 1. The van der Waals surface area contributed by atoms with Crippen molar-refractivity contribution in [3.8, 4) is 5.75 Å². The van der Waals surface area contributed by atoms with Crippen LogP contribution in [0.2, 0.25) is 0 Å². The SMILES string of the molecule is CCCN1CCC(=O)/C(=C/c2cc(Br)c(O)c(Br)c2)C1. The highest BCUT2D eigenvalue weighted by Crippen LogP contribution is 2.34. The van der Waals surface area contributed by atoms with E-state index in [1.54, 1.807) is 0 Å². The number of carbonyl (C=O) groups excluding carboxylic acids is 1. The Labute approximate surface area is 135 Å². The van der Waals surface area contributed by atoms with Crippen molar-refractivity contribution in [2.75, 3.05) is 19.6 Å². The van der Waals surface area contributed by atoms with Gasteiger partial charge in [0, 0.05) is 25.1 Å². The number of phenolic OH excluding ortho intramolecular Hbond substituents is 1. The van der Waals surface area contributed by atoms with E-state index in [0.29, 0.717) is 21.9 Å². The fourth-order valence-electron chi connectivity index (χ4n) is 2.33. The van der Waals surface area contributed by atoms with E-state index in [1.165, 1.54) is 0 Å². The molecule has 1 aliphatic heterocycles. The van der Waals surface area contributed by atoms with Crippen molar-refractivity contribution in [1.82, 2.24) is 4.90 Å². The molecular formula is C15H17Br2NO2. The Hall–Kier alpha value is -0.650. The zero-order valence-electron chi connectivity index (χ0n) is 11.3. The standard InChI is InChI=1S/C15H17Br2NO2/c1-2-4-18-5-3-14(19)11(9-18)6-10-7-12(16)15(20)13(17)8-10/h6-8,20H,2-5,9H2,1H3/b11-6+. The highest BCUT2D eigenvalue weighted by molar-refractivity contribution is 9.11. The van der Waals surface area contributed by atoms with Gasteiger partial charge < -0.3 is 5.11 Å². The molecule has 1 N–H and O–H groups in total. The summed E-state index contributed by atoms with van der Waals surface area (Å²) in [6.45, 7) is 4.73. The van der Waals surface area contributed by atoms with Gasteiger partial charge >= 0.3 is 0 Å². The Bertz CT molecular complexity index is 532. The average Bonchev–Trinajstić information content (AvgIpc) is 2.40. The van der Waals surface area contributed by atoms with Crippen molar-refractivity contribution in [1.29, 1.82) is 0 Å². The molecule has 1 aromatic rings. The third-order valence-corrected chi connectivity index (χ3v) is 4.54. The van der Waals surface area contributed by atoms with E-state index in [4.69, 9.17) is 0 Å². The maximum Gasteiger partial charge on any atom is 0.161 e. The van der Waals surface area contributed by atoms with E-state index in [0.717, 1.165) is 30.6 Å². The normalized spacial score (nSPS) is 18.8. The van der Waals surface area contributed by atoms with Crippen molar-refractivity contribution in [3.63, 3.8) is 0 Å². The van der Waals surface area contributed by atoms with Crippen molar-refractivity contribution in [2.45, 2.75) is 19.8 Å². The molecule has 0 unspecified atom stereocenters. The monoisotopic (exact) mass is 401 g/mol. The Balaban J connectivity index is 2.26. The zero-order chi connectivity index (χ0) is 14.7. The minimum absolute atomic E-state index is 0.176. The molecule has 0 bridgehead atoms. The van der Waals surface area contributed by atoms with Gasteiger partial charge in [-0.25, -0.2) is 0 Å². The highest BCUT2D eigenvalue weighted by atomic mass is 79.9. The quantitative estimate of drug-likeness (QED) is 0.777. The van der Waals surface area contributed by atoms with Crippen LogP contribution in [0.15, 0.2) is 26.7 Å². The first kappa shape index (κ1) is 15.7. The molecule has 20 heavy (non-hydrogen) atoms. The summed E-state index contributed by atoms with van der Waals surface area (Å²) < 4.78 is 1.24. The number of nitrogens with zero attached hydrogens (tertiary/aromatic N) is 1. The summed E-state index contributed by atoms with van der Waals surface area (Å²) in [7, 11) is 0. The van der Waals surface area contributed by atoms with E-state index in [2.05, 4.69) is 43.7 Å². The molecule has 0 aliphatic carbocycles. The molecule has 0 spiro atoms. The number of piperidine rings is 1. The molecule has 0 aromatic heterocycles. The van der Waals surface area contributed by atoms with E-state index in [9.17, 15) is 9.90 Å². The summed E-state index contributed by atoms with van der Waals surface area (Å²) in [5, 5.41) is 9.71. The van der Waals surface area contributed by atoms with Gasteiger partial charge in [0.2, 0.25) is 0 Å². The van der Waals surface area contributed by atoms with Gasteiger partial charge in [-0.2, -0.15) is 0 Å².